The first-order chi connectivity index (χ1) is 13.0. The Labute approximate surface area is 162 Å². The van der Waals surface area contributed by atoms with E-state index in [4.69, 9.17) is 4.43 Å². The van der Waals surface area contributed by atoms with Gasteiger partial charge in [0.15, 0.2) is 0 Å². The molecule has 1 rings (SSSR count). The molecule has 13 heteroatoms. The van der Waals surface area contributed by atoms with Crippen LogP contribution in [0.2, 0.25) is 19.6 Å². The van der Waals surface area contributed by atoms with Gasteiger partial charge in [0.05, 0.1) is 0 Å². The molecule has 0 unspecified atom stereocenters. The molecule has 1 atom stereocenters. The van der Waals surface area contributed by atoms with Gasteiger partial charge in [0.1, 0.15) is 11.8 Å². The van der Waals surface area contributed by atoms with Gasteiger partial charge in [-0.05, 0) is 37.3 Å². The first-order valence-corrected chi connectivity index (χ1v) is 11.4. The lowest BCUT2D eigenvalue weighted by molar-refractivity contribution is -0.189. The standard InChI is InChI=1S/C16H17F6NO5Si/c1-29(2,3)28-12(24)11(23-13(25)15(17,18)19)8-9-4-6-10(7-5-9)27-14(26)16(20,21)22/h4-7,11H,8H2,1-3H3,(H,23,25)/t11-/m0/s1. The van der Waals surface area contributed by atoms with Crippen LogP contribution in [0.3, 0.4) is 0 Å². The lowest BCUT2D eigenvalue weighted by Crippen LogP contribution is -2.50. The molecule has 0 heterocycles. The zero-order valence-electron chi connectivity index (χ0n) is 15.4. The van der Waals surface area contributed by atoms with Crippen LogP contribution in [0.25, 0.3) is 0 Å². The summed E-state index contributed by atoms with van der Waals surface area (Å²) in [7, 11) is -2.49. The molecule has 29 heavy (non-hydrogen) atoms. The number of halogens is 6. The average molecular weight is 445 g/mol. The molecular formula is C16H17F6NO5Si. The highest BCUT2D eigenvalue weighted by atomic mass is 28.4. The van der Waals surface area contributed by atoms with Gasteiger partial charge in [0.25, 0.3) is 0 Å². The largest absolute Gasteiger partial charge is 0.518 e. The molecule has 0 bridgehead atoms. The average Bonchev–Trinajstić information content (AvgIpc) is 2.52. The number of amides is 1. The van der Waals surface area contributed by atoms with Crippen molar-refractivity contribution in [2.75, 3.05) is 0 Å². The minimum Gasteiger partial charge on any atom is -0.518 e. The third kappa shape index (κ3) is 8.54. The monoisotopic (exact) mass is 445 g/mol. The quantitative estimate of drug-likeness (QED) is 0.315. The van der Waals surface area contributed by atoms with E-state index in [1.807, 2.05) is 0 Å². The normalized spacial score (nSPS) is 13.4. The summed E-state index contributed by atoms with van der Waals surface area (Å²) in [5, 5.41) is 1.54. The summed E-state index contributed by atoms with van der Waals surface area (Å²) < 4.78 is 83.3. The van der Waals surface area contributed by atoms with Crippen molar-refractivity contribution in [1.29, 1.82) is 0 Å². The molecule has 1 N–H and O–H groups in total. The van der Waals surface area contributed by atoms with Crippen molar-refractivity contribution in [2.24, 2.45) is 0 Å². The minimum atomic E-state index is -5.23. The van der Waals surface area contributed by atoms with Crippen molar-refractivity contribution in [3.8, 4) is 5.75 Å². The summed E-state index contributed by atoms with van der Waals surface area (Å²) in [4.78, 5) is 34.2. The second kappa shape index (κ2) is 8.84. The zero-order chi connectivity index (χ0) is 22.6. The van der Waals surface area contributed by atoms with E-state index < -0.39 is 56.7 Å². The number of esters is 1. The van der Waals surface area contributed by atoms with E-state index in [1.54, 1.807) is 25.0 Å². The Morgan fingerprint density at radius 3 is 1.90 bits per heavy atom. The van der Waals surface area contributed by atoms with Crippen LogP contribution in [0.15, 0.2) is 24.3 Å². The summed E-state index contributed by atoms with van der Waals surface area (Å²) in [6, 6.07) is 2.51. The van der Waals surface area contributed by atoms with Crippen molar-refractivity contribution in [1.82, 2.24) is 5.32 Å². The van der Waals surface area contributed by atoms with Gasteiger partial charge in [-0.15, -0.1) is 0 Å². The van der Waals surface area contributed by atoms with Crippen molar-refractivity contribution in [2.45, 2.75) is 44.5 Å². The van der Waals surface area contributed by atoms with Crippen LogP contribution in [0.4, 0.5) is 26.3 Å². The van der Waals surface area contributed by atoms with E-state index in [1.165, 1.54) is 0 Å². The molecule has 0 aliphatic rings. The third-order valence-corrected chi connectivity index (χ3v) is 3.87. The van der Waals surface area contributed by atoms with Gasteiger partial charge in [0, 0.05) is 6.42 Å². The van der Waals surface area contributed by atoms with Crippen LogP contribution in [-0.2, 0) is 25.2 Å². The molecule has 0 aromatic heterocycles. The van der Waals surface area contributed by atoms with Crippen LogP contribution >= 0.6 is 0 Å². The van der Waals surface area contributed by atoms with Crippen LogP contribution < -0.4 is 10.1 Å². The molecule has 0 spiro atoms. The fourth-order valence-corrected chi connectivity index (χ4v) is 2.65. The molecule has 0 aliphatic heterocycles. The topological polar surface area (TPSA) is 81.7 Å². The molecule has 1 aromatic carbocycles. The lowest BCUT2D eigenvalue weighted by Gasteiger charge is -2.24. The van der Waals surface area contributed by atoms with Gasteiger partial charge in [-0.25, -0.2) is 4.79 Å². The second-order valence-corrected chi connectivity index (χ2v) is 11.2. The lowest BCUT2D eigenvalue weighted by atomic mass is 10.1. The Hall–Kier alpha value is -2.57. The number of carbonyl (C=O) groups is 3. The predicted molar refractivity (Wildman–Crippen MR) is 89.3 cm³/mol. The van der Waals surface area contributed by atoms with E-state index in [9.17, 15) is 40.7 Å². The van der Waals surface area contributed by atoms with Crippen LogP contribution in [0, 0.1) is 0 Å². The summed E-state index contributed by atoms with van der Waals surface area (Å²) in [6.07, 6.45) is -10.9. The highest BCUT2D eigenvalue weighted by molar-refractivity contribution is 6.71. The van der Waals surface area contributed by atoms with Crippen LogP contribution in [0.1, 0.15) is 5.56 Å². The Kier molecular flexibility index (Phi) is 7.46. The van der Waals surface area contributed by atoms with E-state index >= 15 is 0 Å². The van der Waals surface area contributed by atoms with Gasteiger partial charge in [-0.1, -0.05) is 12.1 Å². The Balaban J connectivity index is 2.96. The molecule has 6 nitrogen and oxygen atoms in total. The minimum absolute atomic E-state index is 0.178. The highest BCUT2D eigenvalue weighted by Gasteiger charge is 2.42. The van der Waals surface area contributed by atoms with E-state index in [2.05, 4.69) is 4.74 Å². The number of hydrogen-bond acceptors (Lipinski definition) is 5. The van der Waals surface area contributed by atoms with E-state index in [0.29, 0.717) is 0 Å². The fraction of sp³-hybridized carbons (Fsp3) is 0.438. The Morgan fingerprint density at radius 1 is 0.966 bits per heavy atom. The molecule has 0 radical (unpaired) electrons. The highest BCUT2D eigenvalue weighted by Crippen LogP contribution is 2.21. The maximum atomic E-state index is 12.5. The van der Waals surface area contributed by atoms with Crippen LogP contribution in [0.5, 0.6) is 5.75 Å². The summed E-state index contributed by atoms with van der Waals surface area (Å²) in [5.74, 6) is -6.32. The Bertz CT molecular complexity index is 755. The maximum absolute atomic E-state index is 12.5. The Morgan fingerprint density at radius 2 is 1.48 bits per heavy atom. The third-order valence-electron chi connectivity index (χ3n) is 3.06. The van der Waals surface area contributed by atoms with E-state index in [0.717, 1.165) is 24.3 Å². The first-order valence-electron chi connectivity index (χ1n) is 7.97. The van der Waals surface area contributed by atoms with Crippen molar-refractivity contribution in [3.63, 3.8) is 0 Å². The summed E-state index contributed by atoms with van der Waals surface area (Å²) in [6.45, 7) is 4.83. The molecule has 0 saturated carbocycles. The molecule has 1 amide bonds. The molecule has 1 aromatic rings. The SMILES string of the molecule is C[Si](C)(C)OC(=O)[C@H](Cc1ccc(OC(=O)C(F)(F)F)cc1)NC(=O)C(F)(F)F. The number of hydrogen-bond donors (Lipinski definition) is 1. The zero-order valence-corrected chi connectivity index (χ0v) is 16.4. The maximum Gasteiger partial charge on any atom is 0.491 e. The number of nitrogens with one attached hydrogen (secondary N) is 1. The fourth-order valence-electron chi connectivity index (χ4n) is 1.90. The number of ether oxygens (including phenoxy) is 1. The van der Waals surface area contributed by atoms with Crippen molar-refractivity contribution >= 4 is 26.2 Å². The van der Waals surface area contributed by atoms with Gasteiger partial charge >= 0.3 is 30.2 Å². The van der Waals surface area contributed by atoms with Gasteiger partial charge in [-0.2, -0.15) is 26.3 Å². The molecule has 162 valence electrons. The van der Waals surface area contributed by atoms with Crippen LogP contribution in [-0.4, -0.2) is 44.6 Å². The number of rotatable bonds is 6. The molecule has 0 aliphatic carbocycles. The van der Waals surface area contributed by atoms with Crippen molar-refractivity contribution < 1.29 is 49.9 Å². The number of alkyl halides is 6. The number of benzene rings is 1. The predicted octanol–water partition coefficient (Wildman–Crippen LogP) is 3.12. The molecule has 0 saturated heterocycles. The summed E-state index contributed by atoms with van der Waals surface area (Å²) >= 11 is 0. The van der Waals surface area contributed by atoms with Gasteiger partial charge in [-0.3, -0.25) is 9.59 Å². The smallest absolute Gasteiger partial charge is 0.491 e. The number of carbonyl (C=O) groups excluding carboxylic acids is 3. The first kappa shape index (κ1) is 24.5. The second-order valence-electron chi connectivity index (χ2n) is 6.79. The van der Waals surface area contributed by atoms with E-state index in [-0.39, 0.29) is 5.56 Å². The van der Waals surface area contributed by atoms with Crippen molar-refractivity contribution in [3.05, 3.63) is 29.8 Å². The summed E-state index contributed by atoms with van der Waals surface area (Å²) in [5.41, 5.74) is 0.178. The molecular weight excluding hydrogens is 428 g/mol. The van der Waals surface area contributed by atoms with Gasteiger partial charge in [0.2, 0.25) is 8.32 Å². The van der Waals surface area contributed by atoms with Gasteiger partial charge < -0.3 is 14.5 Å². The molecule has 0 fully saturated rings.